The van der Waals surface area contributed by atoms with Gasteiger partial charge in [-0.15, -0.1) is 11.3 Å². The van der Waals surface area contributed by atoms with Crippen LogP contribution in [0.15, 0.2) is 15.9 Å². The molecule has 1 atom stereocenters. The zero-order valence-electron chi connectivity index (χ0n) is 10.1. The van der Waals surface area contributed by atoms with Crippen molar-refractivity contribution in [3.8, 4) is 0 Å². The Morgan fingerprint density at radius 2 is 2.41 bits per heavy atom. The maximum Gasteiger partial charge on any atom is 0.265 e. The normalized spacial score (nSPS) is 20.2. The van der Waals surface area contributed by atoms with Gasteiger partial charge in [0.15, 0.2) is 0 Å². The van der Waals surface area contributed by atoms with Crippen molar-refractivity contribution in [2.75, 3.05) is 27.2 Å². The Hall–Kier alpha value is -0.390. The molecule has 1 saturated heterocycles. The van der Waals surface area contributed by atoms with Crippen LogP contribution < -0.4 is 0 Å². The number of likely N-dealkylation sites (tertiary alicyclic amines) is 1. The van der Waals surface area contributed by atoms with Gasteiger partial charge in [0.25, 0.3) is 5.91 Å². The van der Waals surface area contributed by atoms with E-state index >= 15 is 0 Å². The first-order valence-corrected chi connectivity index (χ1v) is 7.45. The number of hydrogen-bond acceptors (Lipinski definition) is 3. The molecule has 1 fully saturated rings. The molecule has 0 spiro atoms. The lowest BCUT2D eigenvalue weighted by Gasteiger charge is -2.26. The lowest BCUT2D eigenvalue weighted by Crippen LogP contribution is -2.41. The van der Waals surface area contributed by atoms with Gasteiger partial charge in [0.05, 0.1) is 0 Å². The fourth-order valence-electron chi connectivity index (χ4n) is 2.29. The van der Waals surface area contributed by atoms with Crippen molar-refractivity contribution in [1.29, 1.82) is 0 Å². The summed E-state index contributed by atoms with van der Waals surface area (Å²) in [5.41, 5.74) is 0. The third kappa shape index (κ3) is 2.89. The lowest BCUT2D eigenvalue weighted by atomic mass is 10.2. The zero-order valence-corrected chi connectivity index (χ0v) is 12.6. The molecule has 1 aromatic rings. The zero-order chi connectivity index (χ0) is 12.4. The van der Waals surface area contributed by atoms with E-state index in [4.69, 9.17) is 0 Å². The van der Waals surface area contributed by atoms with Gasteiger partial charge in [-0.3, -0.25) is 4.79 Å². The van der Waals surface area contributed by atoms with E-state index in [1.165, 1.54) is 11.3 Å². The molecular formula is C12H17BrN2OS. The topological polar surface area (TPSA) is 23.6 Å². The molecule has 2 heterocycles. The summed E-state index contributed by atoms with van der Waals surface area (Å²) in [6.45, 7) is 1.84. The van der Waals surface area contributed by atoms with Crippen LogP contribution in [0, 0.1) is 0 Å². The van der Waals surface area contributed by atoms with E-state index in [1.807, 2.05) is 16.3 Å². The molecule has 3 nitrogen and oxygen atoms in total. The number of carbonyl (C=O) groups is 1. The molecule has 0 bridgehead atoms. The molecule has 5 heteroatoms. The molecule has 1 aliphatic rings. The minimum Gasteiger partial charge on any atom is -0.334 e. The molecule has 1 aromatic heterocycles. The number of rotatable bonds is 3. The Morgan fingerprint density at radius 3 is 3.00 bits per heavy atom. The Balaban J connectivity index is 2.11. The minimum atomic E-state index is 0.177. The van der Waals surface area contributed by atoms with E-state index in [2.05, 4.69) is 34.9 Å². The van der Waals surface area contributed by atoms with Crippen LogP contribution in [0.25, 0.3) is 0 Å². The average molecular weight is 317 g/mol. The first-order valence-electron chi connectivity index (χ1n) is 5.78. The maximum atomic E-state index is 12.4. The van der Waals surface area contributed by atoms with Crippen LogP contribution in [0.3, 0.4) is 0 Å². The van der Waals surface area contributed by atoms with Gasteiger partial charge in [-0.1, -0.05) is 0 Å². The Bertz CT molecular complexity index is 405. The Morgan fingerprint density at radius 1 is 1.65 bits per heavy atom. The highest BCUT2D eigenvalue weighted by Gasteiger charge is 2.30. The van der Waals surface area contributed by atoms with Gasteiger partial charge in [-0.25, -0.2) is 0 Å². The average Bonchev–Trinajstić information content (AvgIpc) is 2.85. The largest absolute Gasteiger partial charge is 0.334 e. The van der Waals surface area contributed by atoms with E-state index in [-0.39, 0.29) is 5.91 Å². The molecule has 1 aliphatic heterocycles. The second kappa shape index (κ2) is 5.50. The fourth-order valence-corrected chi connectivity index (χ4v) is 3.79. The van der Waals surface area contributed by atoms with Crippen LogP contribution >= 0.6 is 27.3 Å². The predicted molar refractivity (Wildman–Crippen MR) is 74.6 cm³/mol. The summed E-state index contributed by atoms with van der Waals surface area (Å²) in [7, 11) is 4.12. The van der Waals surface area contributed by atoms with Gasteiger partial charge in [-0.2, -0.15) is 0 Å². The molecule has 17 heavy (non-hydrogen) atoms. The second-order valence-electron chi connectivity index (χ2n) is 4.65. The van der Waals surface area contributed by atoms with Gasteiger partial charge in [0, 0.05) is 23.6 Å². The first-order chi connectivity index (χ1) is 8.09. The lowest BCUT2D eigenvalue weighted by molar-refractivity contribution is 0.0720. The first kappa shape index (κ1) is 13.1. The van der Waals surface area contributed by atoms with Gasteiger partial charge in [0.2, 0.25) is 0 Å². The standard InChI is InChI=1S/C12H17BrN2OS/c1-14(2)8-9-4-3-6-15(9)12(16)11-10(13)5-7-17-11/h5,7,9H,3-4,6,8H2,1-2H3. The highest BCUT2D eigenvalue weighted by molar-refractivity contribution is 9.10. The summed E-state index contributed by atoms with van der Waals surface area (Å²) in [6, 6.07) is 2.31. The molecule has 0 radical (unpaired) electrons. The number of hydrogen-bond donors (Lipinski definition) is 0. The summed E-state index contributed by atoms with van der Waals surface area (Å²) in [6.07, 6.45) is 2.24. The van der Waals surface area contributed by atoms with Crippen LogP contribution in [0.5, 0.6) is 0 Å². The minimum absolute atomic E-state index is 0.177. The Kier molecular flexibility index (Phi) is 4.22. The third-order valence-corrected chi connectivity index (χ3v) is 4.85. The molecule has 94 valence electrons. The van der Waals surface area contributed by atoms with Crippen molar-refractivity contribution in [2.24, 2.45) is 0 Å². The third-order valence-electron chi connectivity index (χ3n) is 3.03. The van der Waals surface area contributed by atoms with E-state index in [0.29, 0.717) is 6.04 Å². The van der Waals surface area contributed by atoms with Crippen molar-refractivity contribution >= 4 is 33.2 Å². The fraction of sp³-hybridized carbons (Fsp3) is 0.583. The highest BCUT2D eigenvalue weighted by Crippen LogP contribution is 2.27. The van der Waals surface area contributed by atoms with Crippen LogP contribution in [0.1, 0.15) is 22.5 Å². The number of halogens is 1. The van der Waals surface area contributed by atoms with Crippen molar-refractivity contribution in [3.63, 3.8) is 0 Å². The summed E-state index contributed by atoms with van der Waals surface area (Å²) in [5, 5.41) is 1.95. The maximum absolute atomic E-state index is 12.4. The second-order valence-corrected chi connectivity index (χ2v) is 6.42. The highest BCUT2D eigenvalue weighted by atomic mass is 79.9. The van der Waals surface area contributed by atoms with Crippen molar-refractivity contribution < 1.29 is 4.79 Å². The van der Waals surface area contributed by atoms with Crippen molar-refractivity contribution in [3.05, 3.63) is 20.8 Å². The summed E-state index contributed by atoms with van der Waals surface area (Å²) in [5.74, 6) is 0.177. The van der Waals surface area contributed by atoms with E-state index < -0.39 is 0 Å². The molecule has 0 aliphatic carbocycles. The molecule has 0 N–H and O–H groups in total. The molecule has 1 unspecified atom stereocenters. The summed E-state index contributed by atoms with van der Waals surface area (Å²) >= 11 is 4.95. The van der Waals surface area contributed by atoms with Crippen LogP contribution in [0.2, 0.25) is 0 Å². The quantitative estimate of drug-likeness (QED) is 0.856. The monoisotopic (exact) mass is 316 g/mol. The molecule has 1 amide bonds. The summed E-state index contributed by atoms with van der Waals surface area (Å²) in [4.78, 5) is 17.4. The molecule has 0 aromatic carbocycles. The van der Waals surface area contributed by atoms with E-state index in [9.17, 15) is 4.79 Å². The summed E-state index contributed by atoms with van der Waals surface area (Å²) < 4.78 is 0.919. The van der Waals surface area contributed by atoms with E-state index in [0.717, 1.165) is 35.3 Å². The smallest absolute Gasteiger partial charge is 0.265 e. The number of carbonyl (C=O) groups excluding carboxylic acids is 1. The number of thiophene rings is 1. The predicted octanol–water partition coefficient (Wildman–Crippen LogP) is 2.68. The van der Waals surface area contributed by atoms with Crippen molar-refractivity contribution in [2.45, 2.75) is 18.9 Å². The van der Waals surface area contributed by atoms with Crippen molar-refractivity contribution in [1.82, 2.24) is 9.80 Å². The van der Waals surface area contributed by atoms with Gasteiger partial charge in [0.1, 0.15) is 4.88 Å². The van der Waals surface area contributed by atoms with Crippen LogP contribution in [-0.2, 0) is 0 Å². The number of likely N-dealkylation sites (N-methyl/N-ethyl adjacent to an activating group) is 1. The SMILES string of the molecule is CN(C)CC1CCCN1C(=O)c1sccc1Br. The van der Waals surface area contributed by atoms with Gasteiger partial charge >= 0.3 is 0 Å². The van der Waals surface area contributed by atoms with E-state index in [1.54, 1.807) is 0 Å². The van der Waals surface area contributed by atoms with Crippen LogP contribution in [0.4, 0.5) is 0 Å². The number of nitrogens with zero attached hydrogens (tertiary/aromatic N) is 2. The number of amides is 1. The van der Waals surface area contributed by atoms with Crippen LogP contribution in [-0.4, -0.2) is 48.9 Å². The molecular weight excluding hydrogens is 300 g/mol. The Labute approximate surface area is 115 Å². The molecule has 0 saturated carbocycles. The van der Waals surface area contributed by atoms with Gasteiger partial charge in [-0.05, 0) is 54.3 Å². The van der Waals surface area contributed by atoms with Gasteiger partial charge < -0.3 is 9.80 Å². The molecule has 2 rings (SSSR count).